The van der Waals surface area contributed by atoms with Gasteiger partial charge in [-0.3, -0.25) is 4.79 Å². The number of carbonyl (C=O) groups is 2. The third kappa shape index (κ3) is 2.22. The Bertz CT molecular complexity index is 369. The second kappa shape index (κ2) is 5.44. The molecule has 2 aliphatic rings. The first-order valence-electron chi connectivity index (χ1n) is 6.06. The van der Waals surface area contributed by atoms with Gasteiger partial charge in [0.25, 0.3) is 0 Å². The Morgan fingerprint density at radius 3 is 2.32 bits per heavy atom. The summed E-state index contributed by atoms with van der Waals surface area (Å²) in [5, 5.41) is 9.16. The molecule has 0 aromatic carbocycles. The van der Waals surface area contributed by atoms with Crippen LogP contribution in [0.15, 0.2) is 0 Å². The summed E-state index contributed by atoms with van der Waals surface area (Å²) in [5.41, 5.74) is 0. The maximum Gasteiger partial charge on any atom is 0.345 e. The highest BCUT2D eigenvalue weighted by Gasteiger charge is 2.59. The summed E-state index contributed by atoms with van der Waals surface area (Å²) in [4.78, 5) is 23.0. The Hall–Kier alpha value is -1.18. The molecule has 6 atom stereocenters. The smallest absolute Gasteiger partial charge is 0.345 e. The molecule has 1 saturated heterocycles. The minimum absolute atomic E-state index is 0.323. The van der Waals surface area contributed by atoms with Gasteiger partial charge in [-0.1, -0.05) is 0 Å². The van der Waals surface area contributed by atoms with Crippen LogP contribution in [0, 0.1) is 11.8 Å². The van der Waals surface area contributed by atoms with Gasteiger partial charge >= 0.3 is 11.9 Å². The van der Waals surface area contributed by atoms with Gasteiger partial charge < -0.3 is 24.1 Å². The zero-order valence-corrected chi connectivity index (χ0v) is 11.1. The average Bonchev–Trinajstić information content (AvgIpc) is 2.73. The van der Waals surface area contributed by atoms with E-state index in [4.69, 9.17) is 24.1 Å². The van der Waals surface area contributed by atoms with E-state index in [0.717, 1.165) is 0 Å². The summed E-state index contributed by atoms with van der Waals surface area (Å²) < 4.78 is 21.0. The number of methoxy groups -OCH3 is 3. The molecule has 0 aromatic rings. The highest BCUT2D eigenvalue weighted by molar-refractivity contribution is 5.84. The van der Waals surface area contributed by atoms with Crippen molar-refractivity contribution in [3.8, 4) is 0 Å². The molecule has 7 heteroatoms. The molecule has 0 spiro atoms. The topological polar surface area (TPSA) is 91.3 Å². The fraction of sp³-hybridized carbons (Fsp3) is 0.833. The van der Waals surface area contributed by atoms with Gasteiger partial charge in [-0.2, -0.15) is 0 Å². The van der Waals surface area contributed by atoms with E-state index in [-0.39, 0.29) is 6.10 Å². The number of fused-ring (bicyclic) bond motifs is 1. The van der Waals surface area contributed by atoms with E-state index in [1.54, 1.807) is 0 Å². The first-order valence-corrected chi connectivity index (χ1v) is 6.06. The van der Waals surface area contributed by atoms with Crippen LogP contribution in [0.4, 0.5) is 0 Å². The number of carbonyl (C=O) groups excluding carboxylic acids is 1. The molecule has 0 radical (unpaired) electrons. The summed E-state index contributed by atoms with van der Waals surface area (Å²) in [6.07, 6.45) is -2.11. The number of ether oxygens (including phenoxy) is 4. The van der Waals surface area contributed by atoms with E-state index in [2.05, 4.69) is 0 Å². The lowest BCUT2D eigenvalue weighted by atomic mass is 9.73. The SMILES string of the molecule is CO[C@@H]1[C@H](OC)[C@@H](OC)C[C@@H]2C(=O)O[C@@H](C(=O)O)[C@H]12. The second-order valence-corrected chi connectivity index (χ2v) is 4.79. The van der Waals surface area contributed by atoms with Crippen molar-refractivity contribution in [2.24, 2.45) is 11.8 Å². The number of esters is 1. The van der Waals surface area contributed by atoms with Gasteiger partial charge in [0.05, 0.1) is 18.1 Å². The molecule has 2 rings (SSSR count). The second-order valence-electron chi connectivity index (χ2n) is 4.79. The fourth-order valence-corrected chi connectivity index (χ4v) is 3.15. The van der Waals surface area contributed by atoms with Gasteiger partial charge in [0.1, 0.15) is 6.10 Å². The summed E-state index contributed by atoms with van der Waals surface area (Å²) in [5.74, 6) is -2.74. The monoisotopic (exact) mass is 274 g/mol. The largest absolute Gasteiger partial charge is 0.478 e. The number of rotatable bonds is 4. The molecule has 7 nitrogen and oxygen atoms in total. The highest BCUT2D eigenvalue weighted by Crippen LogP contribution is 2.43. The molecular weight excluding hydrogens is 256 g/mol. The Kier molecular flexibility index (Phi) is 4.07. The summed E-state index contributed by atoms with van der Waals surface area (Å²) in [7, 11) is 4.50. The minimum Gasteiger partial charge on any atom is -0.478 e. The Morgan fingerprint density at radius 2 is 1.84 bits per heavy atom. The third-order valence-electron chi connectivity index (χ3n) is 4.01. The van der Waals surface area contributed by atoms with Crippen molar-refractivity contribution in [2.45, 2.75) is 30.8 Å². The Morgan fingerprint density at radius 1 is 1.21 bits per heavy atom. The maximum atomic E-state index is 11.8. The molecule has 108 valence electrons. The van der Waals surface area contributed by atoms with Crippen molar-refractivity contribution in [1.29, 1.82) is 0 Å². The van der Waals surface area contributed by atoms with E-state index in [0.29, 0.717) is 6.42 Å². The van der Waals surface area contributed by atoms with Crippen molar-refractivity contribution >= 4 is 11.9 Å². The van der Waals surface area contributed by atoms with Gasteiger partial charge in [-0.15, -0.1) is 0 Å². The van der Waals surface area contributed by atoms with E-state index in [9.17, 15) is 9.59 Å². The van der Waals surface area contributed by atoms with E-state index in [1.807, 2.05) is 0 Å². The van der Waals surface area contributed by atoms with Gasteiger partial charge in [0, 0.05) is 27.2 Å². The number of carboxylic acid groups (broad SMARTS) is 1. The first-order chi connectivity index (χ1) is 9.04. The quantitative estimate of drug-likeness (QED) is 0.702. The molecule has 2 fully saturated rings. The van der Waals surface area contributed by atoms with Crippen LogP contribution in [0.2, 0.25) is 0 Å². The predicted octanol–water partition coefficient (Wildman–Crippen LogP) is -0.322. The molecule has 0 aromatic heterocycles. The number of carboxylic acids is 1. The molecular formula is C12H18O7. The van der Waals surface area contributed by atoms with E-state index in [1.165, 1.54) is 21.3 Å². The van der Waals surface area contributed by atoms with Gasteiger partial charge in [0.15, 0.2) is 0 Å². The molecule has 1 aliphatic carbocycles. The molecule has 1 heterocycles. The lowest BCUT2D eigenvalue weighted by Gasteiger charge is -2.41. The normalized spacial score (nSPS) is 41.7. The van der Waals surface area contributed by atoms with Crippen LogP contribution in [0.5, 0.6) is 0 Å². The van der Waals surface area contributed by atoms with Gasteiger partial charge in [-0.25, -0.2) is 4.79 Å². The zero-order chi connectivity index (χ0) is 14.2. The Balaban J connectivity index is 2.33. The molecule has 1 aliphatic heterocycles. The van der Waals surface area contributed by atoms with Crippen LogP contribution in [-0.2, 0) is 28.5 Å². The highest BCUT2D eigenvalue weighted by atomic mass is 16.6. The number of cyclic esters (lactones) is 1. The van der Waals surface area contributed by atoms with E-state index >= 15 is 0 Å². The minimum atomic E-state index is -1.18. The lowest BCUT2D eigenvalue weighted by molar-refractivity contribution is -0.173. The standard InChI is InChI=1S/C12H18O7/c1-16-6-4-5-7(9(18-3)8(6)17-2)10(11(13)14)19-12(5)15/h5-10H,4H2,1-3H3,(H,13,14)/t5-,6-,7-,8+,9-,10+/m0/s1. The van der Waals surface area contributed by atoms with Crippen molar-refractivity contribution in [3.63, 3.8) is 0 Å². The zero-order valence-electron chi connectivity index (χ0n) is 11.1. The third-order valence-corrected chi connectivity index (χ3v) is 4.01. The summed E-state index contributed by atoms with van der Waals surface area (Å²) >= 11 is 0. The van der Waals surface area contributed by atoms with Crippen LogP contribution >= 0.6 is 0 Å². The first kappa shape index (κ1) is 14.2. The van der Waals surface area contributed by atoms with Crippen molar-refractivity contribution in [3.05, 3.63) is 0 Å². The van der Waals surface area contributed by atoms with Crippen molar-refractivity contribution in [1.82, 2.24) is 0 Å². The number of hydrogen-bond donors (Lipinski definition) is 1. The van der Waals surface area contributed by atoms with Crippen molar-refractivity contribution < 1.29 is 33.6 Å². The predicted molar refractivity (Wildman–Crippen MR) is 61.5 cm³/mol. The number of hydrogen-bond acceptors (Lipinski definition) is 6. The molecule has 1 N–H and O–H groups in total. The van der Waals surface area contributed by atoms with Gasteiger partial charge in [0.2, 0.25) is 6.10 Å². The van der Waals surface area contributed by atoms with Crippen molar-refractivity contribution in [2.75, 3.05) is 21.3 Å². The molecule has 0 bridgehead atoms. The summed E-state index contributed by atoms with van der Waals surface area (Å²) in [6, 6.07) is 0. The van der Waals surface area contributed by atoms with Crippen LogP contribution in [0.25, 0.3) is 0 Å². The fourth-order valence-electron chi connectivity index (χ4n) is 3.15. The maximum absolute atomic E-state index is 11.8. The van der Waals surface area contributed by atoms with E-state index < -0.39 is 42.1 Å². The summed E-state index contributed by atoms with van der Waals surface area (Å²) in [6.45, 7) is 0. The average molecular weight is 274 g/mol. The molecule has 0 unspecified atom stereocenters. The molecule has 0 amide bonds. The van der Waals surface area contributed by atoms with Crippen LogP contribution in [-0.4, -0.2) is 62.8 Å². The van der Waals surface area contributed by atoms with Crippen LogP contribution in [0.3, 0.4) is 0 Å². The molecule has 1 saturated carbocycles. The van der Waals surface area contributed by atoms with Gasteiger partial charge in [-0.05, 0) is 6.42 Å². The lowest BCUT2D eigenvalue weighted by Crippen LogP contribution is -2.55. The van der Waals surface area contributed by atoms with Crippen LogP contribution in [0.1, 0.15) is 6.42 Å². The number of aliphatic carboxylic acids is 1. The molecule has 19 heavy (non-hydrogen) atoms. The van der Waals surface area contributed by atoms with Crippen LogP contribution < -0.4 is 0 Å². The Labute approximate surface area is 110 Å².